The summed E-state index contributed by atoms with van der Waals surface area (Å²) < 4.78 is 1.34. The van der Waals surface area contributed by atoms with Crippen LogP contribution >= 0.6 is 0 Å². The summed E-state index contributed by atoms with van der Waals surface area (Å²) in [6.45, 7) is 15.8. The lowest BCUT2D eigenvalue weighted by Gasteiger charge is -2.57. The third-order valence-electron chi connectivity index (χ3n) is 3.21. The van der Waals surface area contributed by atoms with Gasteiger partial charge < -0.3 is 4.48 Å². The first-order chi connectivity index (χ1) is 4.92. The molecule has 0 bridgehead atoms. The minimum absolute atomic E-state index is 0.611. The number of likely N-dealkylation sites (tertiary alicyclic amines) is 1. The maximum atomic E-state index is 2.38. The van der Waals surface area contributed by atoms with Crippen molar-refractivity contribution in [1.82, 2.24) is 0 Å². The minimum Gasteiger partial charge on any atom is -0.321 e. The van der Waals surface area contributed by atoms with E-state index in [1.54, 1.807) is 0 Å². The van der Waals surface area contributed by atoms with Gasteiger partial charge in [0, 0.05) is 0 Å². The van der Waals surface area contributed by atoms with Gasteiger partial charge >= 0.3 is 0 Å². The van der Waals surface area contributed by atoms with Crippen molar-refractivity contribution < 1.29 is 4.48 Å². The Morgan fingerprint density at radius 3 is 1.82 bits per heavy atom. The van der Waals surface area contributed by atoms with Crippen LogP contribution in [0.25, 0.3) is 0 Å². The molecule has 0 atom stereocenters. The van der Waals surface area contributed by atoms with E-state index in [0.717, 1.165) is 6.04 Å². The highest BCUT2D eigenvalue weighted by Gasteiger charge is 2.50. The first-order valence-electron chi connectivity index (χ1n) is 4.78. The van der Waals surface area contributed by atoms with Gasteiger partial charge in [0.05, 0.1) is 31.1 Å². The van der Waals surface area contributed by atoms with E-state index in [1.807, 2.05) is 0 Å². The molecule has 0 saturated carbocycles. The molecule has 0 aromatic rings. The SMILES string of the molecule is CC[N+]1(C(C)C)CC(C)(C)C1. The molecule has 1 fully saturated rings. The third kappa shape index (κ3) is 1.44. The summed E-state index contributed by atoms with van der Waals surface area (Å²) in [6.07, 6.45) is 0. The summed E-state index contributed by atoms with van der Waals surface area (Å²) in [4.78, 5) is 0. The van der Waals surface area contributed by atoms with Gasteiger partial charge in [0.25, 0.3) is 0 Å². The Morgan fingerprint density at radius 1 is 1.27 bits per heavy atom. The molecule has 0 spiro atoms. The van der Waals surface area contributed by atoms with Crippen LogP contribution in [0.1, 0.15) is 34.6 Å². The average molecular weight is 156 g/mol. The Balaban J connectivity index is 2.57. The molecule has 0 aliphatic carbocycles. The lowest BCUT2D eigenvalue weighted by Crippen LogP contribution is -2.70. The molecule has 1 rings (SSSR count). The standard InChI is InChI=1S/C10H22N/c1-6-11(9(2)3)7-10(4,5)8-11/h9H,6-8H2,1-5H3/q+1. The van der Waals surface area contributed by atoms with Crippen LogP contribution < -0.4 is 0 Å². The smallest absolute Gasteiger partial charge is 0.0894 e. The van der Waals surface area contributed by atoms with E-state index in [0.29, 0.717) is 5.41 Å². The van der Waals surface area contributed by atoms with Gasteiger partial charge in [-0.15, -0.1) is 0 Å². The predicted octanol–water partition coefficient (Wildman–Crippen LogP) is 2.27. The van der Waals surface area contributed by atoms with Crippen molar-refractivity contribution in [2.24, 2.45) is 5.41 Å². The Morgan fingerprint density at radius 2 is 1.73 bits per heavy atom. The summed E-state index contributed by atoms with van der Waals surface area (Å²) >= 11 is 0. The Hall–Kier alpha value is -0.0400. The Labute approximate surface area is 71.0 Å². The first kappa shape index (κ1) is 9.05. The van der Waals surface area contributed by atoms with Crippen LogP contribution in [0.4, 0.5) is 0 Å². The van der Waals surface area contributed by atoms with Gasteiger partial charge in [0.1, 0.15) is 0 Å². The largest absolute Gasteiger partial charge is 0.321 e. The lowest BCUT2D eigenvalue weighted by molar-refractivity contribution is -0.998. The number of quaternary nitrogens is 1. The monoisotopic (exact) mass is 156 g/mol. The van der Waals surface area contributed by atoms with E-state index in [4.69, 9.17) is 0 Å². The lowest BCUT2D eigenvalue weighted by atomic mass is 9.80. The highest BCUT2D eigenvalue weighted by molar-refractivity contribution is 4.78. The van der Waals surface area contributed by atoms with Crippen molar-refractivity contribution in [2.75, 3.05) is 19.6 Å². The molecule has 1 aliphatic rings. The van der Waals surface area contributed by atoms with Gasteiger partial charge in [0.15, 0.2) is 0 Å². The van der Waals surface area contributed by atoms with Gasteiger partial charge in [-0.1, -0.05) is 0 Å². The molecular weight excluding hydrogens is 134 g/mol. The van der Waals surface area contributed by atoms with Crippen LogP contribution in [0.5, 0.6) is 0 Å². The van der Waals surface area contributed by atoms with E-state index in [9.17, 15) is 0 Å². The van der Waals surface area contributed by atoms with E-state index < -0.39 is 0 Å². The molecule has 0 aromatic heterocycles. The number of rotatable bonds is 2. The van der Waals surface area contributed by atoms with Crippen molar-refractivity contribution in [3.63, 3.8) is 0 Å². The normalized spacial score (nSPS) is 26.7. The maximum Gasteiger partial charge on any atom is 0.0894 e. The molecule has 0 amide bonds. The highest BCUT2D eigenvalue weighted by Crippen LogP contribution is 2.38. The second-order valence-electron chi connectivity index (χ2n) is 5.11. The second kappa shape index (κ2) is 2.48. The summed E-state index contributed by atoms with van der Waals surface area (Å²) in [5.74, 6) is 0. The zero-order valence-corrected chi connectivity index (χ0v) is 8.65. The molecule has 0 aromatic carbocycles. The van der Waals surface area contributed by atoms with Gasteiger partial charge in [-0.25, -0.2) is 0 Å². The number of hydrogen-bond donors (Lipinski definition) is 0. The molecule has 0 radical (unpaired) electrons. The van der Waals surface area contributed by atoms with Crippen LogP contribution in [0.3, 0.4) is 0 Å². The fraction of sp³-hybridized carbons (Fsp3) is 1.00. The molecule has 1 saturated heterocycles. The van der Waals surface area contributed by atoms with Crippen molar-refractivity contribution in [3.05, 3.63) is 0 Å². The van der Waals surface area contributed by atoms with Crippen LogP contribution in [0.2, 0.25) is 0 Å². The number of hydrogen-bond acceptors (Lipinski definition) is 0. The summed E-state index contributed by atoms with van der Waals surface area (Å²) in [6, 6.07) is 0.813. The molecule has 1 aliphatic heterocycles. The van der Waals surface area contributed by atoms with Crippen molar-refractivity contribution >= 4 is 0 Å². The van der Waals surface area contributed by atoms with Crippen molar-refractivity contribution in [2.45, 2.75) is 40.7 Å². The molecular formula is C10H22N+. The summed E-state index contributed by atoms with van der Waals surface area (Å²) in [5.41, 5.74) is 0.611. The van der Waals surface area contributed by atoms with Gasteiger partial charge in [-0.2, -0.15) is 0 Å². The zero-order valence-electron chi connectivity index (χ0n) is 8.65. The highest BCUT2D eigenvalue weighted by atomic mass is 15.4. The third-order valence-corrected chi connectivity index (χ3v) is 3.21. The maximum absolute atomic E-state index is 2.38. The van der Waals surface area contributed by atoms with Crippen LogP contribution in [0, 0.1) is 5.41 Å². The van der Waals surface area contributed by atoms with Crippen molar-refractivity contribution in [1.29, 1.82) is 0 Å². The average Bonchev–Trinajstić information content (AvgIpc) is 1.81. The van der Waals surface area contributed by atoms with E-state index in [-0.39, 0.29) is 0 Å². The molecule has 0 unspecified atom stereocenters. The van der Waals surface area contributed by atoms with Crippen LogP contribution in [-0.4, -0.2) is 30.2 Å². The van der Waals surface area contributed by atoms with Crippen molar-refractivity contribution in [3.8, 4) is 0 Å². The topological polar surface area (TPSA) is 0 Å². The van der Waals surface area contributed by atoms with Gasteiger partial charge in [0.2, 0.25) is 0 Å². The molecule has 1 heteroatoms. The van der Waals surface area contributed by atoms with Crippen LogP contribution in [-0.2, 0) is 0 Å². The van der Waals surface area contributed by atoms with E-state index in [1.165, 1.54) is 24.1 Å². The Kier molecular flexibility index (Phi) is 2.04. The van der Waals surface area contributed by atoms with E-state index >= 15 is 0 Å². The molecule has 0 N–H and O–H groups in total. The fourth-order valence-electron chi connectivity index (χ4n) is 2.61. The predicted molar refractivity (Wildman–Crippen MR) is 49.5 cm³/mol. The zero-order chi connectivity index (χ0) is 8.70. The van der Waals surface area contributed by atoms with E-state index in [2.05, 4.69) is 34.6 Å². The molecule has 11 heavy (non-hydrogen) atoms. The fourth-order valence-corrected chi connectivity index (χ4v) is 2.61. The quantitative estimate of drug-likeness (QED) is 0.538. The molecule has 1 heterocycles. The Bertz CT molecular complexity index is 139. The molecule has 66 valence electrons. The second-order valence-corrected chi connectivity index (χ2v) is 5.11. The van der Waals surface area contributed by atoms with Gasteiger partial charge in [-0.05, 0) is 34.6 Å². The summed E-state index contributed by atoms with van der Waals surface area (Å²) in [7, 11) is 0. The molecule has 1 nitrogen and oxygen atoms in total. The number of nitrogens with zero attached hydrogens (tertiary/aromatic N) is 1. The first-order valence-corrected chi connectivity index (χ1v) is 4.78. The van der Waals surface area contributed by atoms with Gasteiger partial charge in [-0.3, -0.25) is 0 Å². The minimum atomic E-state index is 0.611. The van der Waals surface area contributed by atoms with Crippen LogP contribution in [0.15, 0.2) is 0 Å². The summed E-state index contributed by atoms with van der Waals surface area (Å²) in [5, 5.41) is 0.